The van der Waals surface area contributed by atoms with E-state index in [2.05, 4.69) is 42.7 Å². The highest BCUT2D eigenvalue weighted by Gasteiger charge is 2.05. The largest absolute Gasteiger partial charge is 0.391 e. The van der Waals surface area contributed by atoms with Gasteiger partial charge in [0, 0.05) is 20.2 Å². The molecule has 1 rings (SSSR count). The molecule has 0 spiro atoms. The molecule has 0 aliphatic rings. The second-order valence-electron chi connectivity index (χ2n) is 5.26. The average Bonchev–Trinajstić information content (AvgIpc) is 2.41. The smallest absolute Gasteiger partial charge is 0.314 e. The minimum atomic E-state index is -0.537. The van der Waals surface area contributed by atoms with Gasteiger partial charge in [-0.2, -0.15) is 0 Å². The Kier molecular flexibility index (Phi) is 7.79. The molecule has 0 aliphatic carbocycles. The molecular formula is C16H26N2O3. The van der Waals surface area contributed by atoms with E-state index < -0.39 is 6.10 Å². The quantitative estimate of drug-likeness (QED) is 0.681. The average molecular weight is 294 g/mol. The molecule has 1 aromatic rings. The maximum Gasteiger partial charge on any atom is 0.314 e. The highest BCUT2D eigenvalue weighted by Crippen LogP contribution is 2.10. The van der Waals surface area contributed by atoms with Crippen LogP contribution < -0.4 is 10.6 Å². The summed E-state index contributed by atoms with van der Waals surface area (Å²) < 4.78 is 4.82. The molecule has 21 heavy (non-hydrogen) atoms. The van der Waals surface area contributed by atoms with Crippen molar-refractivity contribution in [2.75, 3.05) is 26.8 Å². The predicted molar refractivity (Wildman–Crippen MR) is 83.5 cm³/mol. The fourth-order valence-corrected chi connectivity index (χ4v) is 2.13. The number of benzene rings is 1. The number of methoxy groups -OCH3 is 1. The fraction of sp³-hybridized carbons (Fsp3) is 0.562. The van der Waals surface area contributed by atoms with Crippen molar-refractivity contribution in [1.82, 2.24) is 10.6 Å². The van der Waals surface area contributed by atoms with Gasteiger partial charge in [0.05, 0.1) is 12.7 Å². The second kappa shape index (κ2) is 9.37. The molecular weight excluding hydrogens is 268 g/mol. The summed E-state index contributed by atoms with van der Waals surface area (Å²) in [4.78, 5) is 11.6. The monoisotopic (exact) mass is 294 g/mol. The van der Waals surface area contributed by atoms with Gasteiger partial charge in [-0.05, 0) is 37.8 Å². The van der Waals surface area contributed by atoms with Crippen LogP contribution in [0.15, 0.2) is 18.2 Å². The zero-order valence-electron chi connectivity index (χ0n) is 13.1. The molecule has 0 aromatic heterocycles. The lowest BCUT2D eigenvalue weighted by molar-refractivity contribution is 0.0599. The third-order valence-corrected chi connectivity index (χ3v) is 3.30. The first-order chi connectivity index (χ1) is 10.0. The van der Waals surface area contributed by atoms with Crippen LogP contribution in [0, 0.1) is 13.8 Å². The predicted octanol–water partition coefficient (Wildman–Crippen LogP) is 1.54. The first kappa shape index (κ1) is 17.5. The van der Waals surface area contributed by atoms with Gasteiger partial charge in [-0.15, -0.1) is 0 Å². The van der Waals surface area contributed by atoms with E-state index in [-0.39, 0.29) is 12.6 Å². The minimum Gasteiger partial charge on any atom is -0.391 e. The first-order valence-corrected chi connectivity index (χ1v) is 7.27. The Morgan fingerprint density at radius 3 is 2.67 bits per heavy atom. The summed E-state index contributed by atoms with van der Waals surface area (Å²) in [7, 11) is 1.54. The number of aliphatic hydroxyl groups is 1. The highest BCUT2D eigenvalue weighted by molar-refractivity contribution is 5.73. The number of carbonyl (C=O) groups excluding carboxylic acids is 1. The molecule has 1 aromatic carbocycles. The Hall–Kier alpha value is -1.59. The molecule has 0 saturated carbocycles. The molecule has 2 amide bonds. The topological polar surface area (TPSA) is 70.6 Å². The van der Waals surface area contributed by atoms with Gasteiger partial charge in [0.2, 0.25) is 0 Å². The number of hydrogen-bond donors (Lipinski definition) is 3. The van der Waals surface area contributed by atoms with Gasteiger partial charge in [0.15, 0.2) is 0 Å². The lowest BCUT2D eigenvalue weighted by Gasteiger charge is -2.11. The SMILES string of the molecule is COCC(O)CCNC(=O)NCCc1ccc(C)cc1C. The summed E-state index contributed by atoms with van der Waals surface area (Å²) >= 11 is 0. The van der Waals surface area contributed by atoms with Crippen molar-refractivity contribution in [2.24, 2.45) is 0 Å². The van der Waals surface area contributed by atoms with Crippen LogP contribution >= 0.6 is 0 Å². The van der Waals surface area contributed by atoms with Crippen LogP contribution in [-0.4, -0.2) is 44.0 Å². The van der Waals surface area contributed by atoms with E-state index in [0.717, 1.165) is 6.42 Å². The number of ether oxygens (including phenoxy) is 1. The van der Waals surface area contributed by atoms with Crippen LogP contribution in [0.3, 0.4) is 0 Å². The van der Waals surface area contributed by atoms with E-state index >= 15 is 0 Å². The van der Waals surface area contributed by atoms with E-state index in [4.69, 9.17) is 4.74 Å². The Bertz CT molecular complexity index is 449. The van der Waals surface area contributed by atoms with Crippen LogP contribution in [0.25, 0.3) is 0 Å². The summed E-state index contributed by atoms with van der Waals surface area (Å²) in [5.74, 6) is 0. The van der Waals surface area contributed by atoms with Crippen LogP contribution in [0.4, 0.5) is 4.79 Å². The maximum absolute atomic E-state index is 11.6. The molecule has 0 radical (unpaired) electrons. The molecule has 0 aliphatic heterocycles. The van der Waals surface area contributed by atoms with Gasteiger partial charge in [0.25, 0.3) is 0 Å². The Morgan fingerprint density at radius 1 is 1.29 bits per heavy atom. The van der Waals surface area contributed by atoms with Gasteiger partial charge < -0.3 is 20.5 Å². The number of carbonyl (C=O) groups is 1. The standard InChI is InChI=1S/C16H26N2O3/c1-12-4-5-14(13(2)10-12)6-8-17-16(20)18-9-7-15(19)11-21-3/h4-5,10,15,19H,6-9,11H2,1-3H3,(H2,17,18,20). The van der Waals surface area contributed by atoms with Crippen LogP contribution in [0.1, 0.15) is 23.1 Å². The normalized spacial score (nSPS) is 12.0. The molecule has 0 fully saturated rings. The van der Waals surface area contributed by atoms with Gasteiger partial charge in [0.1, 0.15) is 0 Å². The van der Waals surface area contributed by atoms with Gasteiger partial charge >= 0.3 is 6.03 Å². The molecule has 0 heterocycles. The van der Waals surface area contributed by atoms with E-state index in [1.807, 2.05) is 0 Å². The number of nitrogens with one attached hydrogen (secondary N) is 2. The zero-order chi connectivity index (χ0) is 15.7. The number of hydrogen-bond acceptors (Lipinski definition) is 3. The van der Waals surface area contributed by atoms with E-state index in [1.54, 1.807) is 0 Å². The number of amides is 2. The van der Waals surface area contributed by atoms with Crippen molar-refractivity contribution in [1.29, 1.82) is 0 Å². The molecule has 0 bridgehead atoms. The summed E-state index contributed by atoms with van der Waals surface area (Å²) in [6.07, 6.45) is 0.759. The molecule has 1 atom stereocenters. The van der Waals surface area contributed by atoms with Crippen LogP contribution in [0.5, 0.6) is 0 Å². The van der Waals surface area contributed by atoms with Crippen molar-refractivity contribution in [3.63, 3.8) is 0 Å². The van der Waals surface area contributed by atoms with Gasteiger partial charge in [-0.3, -0.25) is 0 Å². The molecule has 1 unspecified atom stereocenters. The summed E-state index contributed by atoms with van der Waals surface area (Å²) in [5, 5.41) is 15.0. The van der Waals surface area contributed by atoms with Crippen molar-refractivity contribution in [3.8, 4) is 0 Å². The first-order valence-electron chi connectivity index (χ1n) is 7.27. The number of rotatable bonds is 8. The molecule has 5 nitrogen and oxygen atoms in total. The maximum atomic E-state index is 11.6. The number of aryl methyl sites for hydroxylation is 2. The van der Waals surface area contributed by atoms with Gasteiger partial charge in [-0.25, -0.2) is 4.79 Å². The Labute approximate surface area is 126 Å². The lowest BCUT2D eigenvalue weighted by atomic mass is 10.0. The minimum absolute atomic E-state index is 0.204. The number of urea groups is 1. The van der Waals surface area contributed by atoms with Crippen molar-refractivity contribution in [2.45, 2.75) is 32.8 Å². The Balaban J connectivity index is 2.18. The highest BCUT2D eigenvalue weighted by atomic mass is 16.5. The second-order valence-corrected chi connectivity index (χ2v) is 5.26. The van der Waals surface area contributed by atoms with Crippen LogP contribution in [0.2, 0.25) is 0 Å². The molecule has 0 saturated heterocycles. The zero-order valence-corrected chi connectivity index (χ0v) is 13.1. The summed E-state index contributed by atoms with van der Waals surface area (Å²) in [6.45, 7) is 5.46. The lowest BCUT2D eigenvalue weighted by Crippen LogP contribution is -2.38. The third kappa shape index (κ3) is 7.11. The van der Waals surface area contributed by atoms with Crippen LogP contribution in [-0.2, 0) is 11.2 Å². The van der Waals surface area contributed by atoms with E-state index in [1.165, 1.54) is 23.8 Å². The van der Waals surface area contributed by atoms with E-state index in [9.17, 15) is 9.90 Å². The van der Waals surface area contributed by atoms with Crippen molar-refractivity contribution >= 4 is 6.03 Å². The molecule has 5 heteroatoms. The summed E-state index contributed by atoms with van der Waals surface area (Å²) in [5.41, 5.74) is 3.74. The number of aliphatic hydroxyl groups excluding tert-OH is 1. The molecule has 118 valence electrons. The Morgan fingerprint density at radius 2 is 2.00 bits per heavy atom. The third-order valence-electron chi connectivity index (χ3n) is 3.30. The fourth-order valence-electron chi connectivity index (χ4n) is 2.13. The summed E-state index contributed by atoms with van der Waals surface area (Å²) in [6, 6.07) is 6.13. The van der Waals surface area contributed by atoms with Crippen molar-refractivity contribution < 1.29 is 14.6 Å². The van der Waals surface area contributed by atoms with Gasteiger partial charge in [-0.1, -0.05) is 23.8 Å². The van der Waals surface area contributed by atoms with E-state index in [0.29, 0.717) is 19.5 Å². The molecule has 3 N–H and O–H groups in total. The van der Waals surface area contributed by atoms with Crippen molar-refractivity contribution in [3.05, 3.63) is 34.9 Å².